The fraction of sp³-hybridized carbons (Fsp3) is 0.308. The third kappa shape index (κ3) is 3.53. The lowest BCUT2D eigenvalue weighted by Crippen LogP contribution is -2.31. The number of alkyl halides is 3. The number of aromatic nitrogens is 2. The number of nitrogens with two attached hydrogens (primary N) is 1. The van der Waals surface area contributed by atoms with Crippen molar-refractivity contribution in [1.82, 2.24) is 15.2 Å². The zero-order chi connectivity index (χ0) is 15.6. The molecule has 114 valence electrons. The molecule has 5 nitrogen and oxygen atoms in total. The standard InChI is InChI=1S/C13H15F3N4O/c1-8-7-10(20(2)19-8)12(18-17)9-5-3-4-6-11(9)21-13(14,15)16/h3-7,12,18H,17H2,1-2H3. The van der Waals surface area contributed by atoms with Gasteiger partial charge in [0.1, 0.15) is 5.75 Å². The van der Waals surface area contributed by atoms with Crippen LogP contribution in [0.2, 0.25) is 0 Å². The van der Waals surface area contributed by atoms with Crippen LogP contribution in [0.4, 0.5) is 13.2 Å². The van der Waals surface area contributed by atoms with Gasteiger partial charge in [-0.3, -0.25) is 10.5 Å². The van der Waals surface area contributed by atoms with Crippen molar-refractivity contribution in [2.75, 3.05) is 0 Å². The van der Waals surface area contributed by atoms with E-state index < -0.39 is 12.4 Å². The summed E-state index contributed by atoms with van der Waals surface area (Å²) in [5.74, 6) is 5.22. The van der Waals surface area contributed by atoms with Gasteiger partial charge in [0.05, 0.1) is 17.4 Å². The van der Waals surface area contributed by atoms with Crippen LogP contribution in [-0.4, -0.2) is 16.1 Å². The first-order valence-electron chi connectivity index (χ1n) is 6.13. The number of ether oxygens (including phenoxy) is 1. The Balaban J connectivity index is 2.46. The Morgan fingerprint density at radius 1 is 1.33 bits per heavy atom. The summed E-state index contributed by atoms with van der Waals surface area (Å²) in [6.07, 6.45) is -4.77. The van der Waals surface area contributed by atoms with Gasteiger partial charge >= 0.3 is 6.36 Å². The minimum Gasteiger partial charge on any atom is -0.405 e. The van der Waals surface area contributed by atoms with E-state index >= 15 is 0 Å². The van der Waals surface area contributed by atoms with Crippen LogP contribution in [0.3, 0.4) is 0 Å². The first-order chi connectivity index (χ1) is 9.81. The molecular weight excluding hydrogens is 285 g/mol. The van der Waals surface area contributed by atoms with Crippen LogP contribution >= 0.6 is 0 Å². The zero-order valence-corrected chi connectivity index (χ0v) is 11.5. The van der Waals surface area contributed by atoms with E-state index in [9.17, 15) is 13.2 Å². The summed E-state index contributed by atoms with van der Waals surface area (Å²) in [4.78, 5) is 0. The highest BCUT2D eigenvalue weighted by atomic mass is 19.4. The molecule has 1 heterocycles. The second-order valence-electron chi connectivity index (χ2n) is 4.52. The van der Waals surface area contributed by atoms with E-state index in [1.807, 2.05) is 0 Å². The van der Waals surface area contributed by atoms with Crippen LogP contribution in [0, 0.1) is 6.92 Å². The van der Waals surface area contributed by atoms with Gasteiger partial charge in [0.15, 0.2) is 0 Å². The largest absolute Gasteiger partial charge is 0.573 e. The molecule has 0 saturated carbocycles. The summed E-state index contributed by atoms with van der Waals surface area (Å²) in [6.45, 7) is 1.79. The Kier molecular flexibility index (Phi) is 4.19. The number of hydrogen-bond donors (Lipinski definition) is 2. The predicted molar refractivity (Wildman–Crippen MR) is 70.2 cm³/mol. The molecule has 21 heavy (non-hydrogen) atoms. The summed E-state index contributed by atoms with van der Waals surface area (Å²) in [6, 6.07) is 6.92. The van der Waals surface area contributed by atoms with Gasteiger partial charge in [-0.1, -0.05) is 18.2 Å². The van der Waals surface area contributed by atoms with Crippen LogP contribution in [0.5, 0.6) is 5.75 Å². The third-order valence-electron chi connectivity index (χ3n) is 2.96. The number of nitrogens with one attached hydrogen (secondary N) is 1. The molecule has 2 aromatic rings. The quantitative estimate of drug-likeness (QED) is 0.671. The van der Waals surface area contributed by atoms with E-state index in [2.05, 4.69) is 15.3 Å². The van der Waals surface area contributed by atoms with Crippen molar-refractivity contribution in [3.05, 3.63) is 47.3 Å². The number of hydrogen-bond acceptors (Lipinski definition) is 4. The number of rotatable bonds is 4. The van der Waals surface area contributed by atoms with Gasteiger partial charge < -0.3 is 4.74 Å². The molecule has 0 aliphatic carbocycles. The van der Waals surface area contributed by atoms with Crippen LogP contribution in [0.25, 0.3) is 0 Å². The molecule has 0 bridgehead atoms. The summed E-state index contributed by atoms with van der Waals surface area (Å²) >= 11 is 0. The molecule has 1 atom stereocenters. The minimum absolute atomic E-state index is 0.278. The number of hydrazine groups is 1. The Labute approximate surface area is 119 Å². The molecule has 0 spiro atoms. The van der Waals surface area contributed by atoms with Gasteiger partial charge in [-0.15, -0.1) is 13.2 Å². The van der Waals surface area contributed by atoms with Crippen LogP contribution < -0.4 is 16.0 Å². The van der Waals surface area contributed by atoms with Crippen molar-refractivity contribution in [3.63, 3.8) is 0 Å². The molecule has 0 saturated heterocycles. The summed E-state index contributed by atoms with van der Waals surface area (Å²) < 4.78 is 43.1. The smallest absolute Gasteiger partial charge is 0.405 e. The molecule has 1 aromatic heterocycles. The van der Waals surface area contributed by atoms with Crippen LogP contribution in [-0.2, 0) is 7.05 Å². The van der Waals surface area contributed by atoms with Gasteiger partial charge in [-0.2, -0.15) is 5.10 Å². The zero-order valence-electron chi connectivity index (χ0n) is 11.5. The lowest BCUT2D eigenvalue weighted by atomic mass is 10.0. The SMILES string of the molecule is Cc1cc(C(NN)c2ccccc2OC(F)(F)F)n(C)n1. The Morgan fingerprint density at radius 2 is 2.00 bits per heavy atom. The molecule has 0 fully saturated rings. The van der Waals surface area contributed by atoms with Crippen molar-refractivity contribution in [3.8, 4) is 5.75 Å². The van der Waals surface area contributed by atoms with E-state index in [-0.39, 0.29) is 11.3 Å². The van der Waals surface area contributed by atoms with Crippen molar-refractivity contribution < 1.29 is 17.9 Å². The van der Waals surface area contributed by atoms with Gasteiger partial charge in [0, 0.05) is 12.6 Å². The molecule has 0 aliphatic rings. The summed E-state index contributed by atoms with van der Waals surface area (Å²) in [7, 11) is 1.69. The minimum atomic E-state index is -4.77. The predicted octanol–water partition coefficient (Wildman–Crippen LogP) is 2.18. The van der Waals surface area contributed by atoms with Crippen LogP contribution in [0.15, 0.2) is 30.3 Å². The number of nitrogens with zero attached hydrogens (tertiary/aromatic N) is 2. The number of aryl methyl sites for hydroxylation is 2. The van der Waals surface area contributed by atoms with Gasteiger partial charge in [0.25, 0.3) is 0 Å². The monoisotopic (exact) mass is 300 g/mol. The molecule has 2 rings (SSSR count). The fourth-order valence-corrected chi connectivity index (χ4v) is 2.17. The van der Waals surface area contributed by atoms with Crippen molar-refractivity contribution in [1.29, 1.82) is 0 Å². The maximum Gasteiger partial charge on any atom is 0.573 e. The number of benzene rings is 1. The van der Waals surface area contributed by atoms with Gasteiger partial charge in [-0.25, -0.2) is 5.43 Å². The maximum atomic E-state index is 12.5. The van der Waals surface area contributed by atoms with Crippen molar-refractivity contribution in [2.24, 2.45) is 12.9 Å². The first-order valence-corrected chi connectivity index (χ1v) is 6.13. The molecular formula is C13H15F3N4O. The van der Waals surface area contributed by atoms with Gasteiger partial charge in [-0.05, 0) is 19.1 Å². The Bertz CT molecular complexity index is 624. The lowest BCUT2D eigenvalue weighted by molar-refractivity contribution is -0.275. The highest BCUT2D eigenvalue weighted by molar-refractivity contribution is 5.40. The van der Waals surface area contributed by atoms with Gasteiger partial charge in [0.2, 0.25) is 0 Å². The first kappa shape index (κ1) is 15.3. The summed E-state index contributed by atoms with van der Waals surface area (Å²) in [5.41, 5.74) is 4.16. The Morgan fingerprint density at radius 3 is 2.52 bits per heavy atom. The van der Waals surface area contributed by atoms with Crippen molar-refractivity contribution >= 4 is 0 Å². The van der Waals surface area contributed by atoms with Crippen molar-refractivity contribution in [2.45, 2.75) is 19.3 Å². The molecule has 8 heteroatoms. The topological polar surface area (TPSA) is 65.1 Å². The normalized spacial score (nSPS) is 13.2. The Hall–Kier alpha value is -2.06. The molecule has 1 aromatic carbocycles. The second-order valence-corrected chi connectivity index (χ2v) is 4.52. The molecule has 3 N–H and O–H groups in total. The summed E-state index contributed by atoms with van der Waals surface area (Å²) in [5, 5.41) is 4.17. The third-order valence-corrected chi connectivity index (χ3v) is 2.96. The second kappa shape index (κ2) is 5.74. The lowest BCUT2D eigenvalue weighted by Gasteiger charge is -2.20. The highest BCUT2D eigenvalue weighted by Gasteiger charge is 2.33. The van der Waals surface area contributed by atoms with E-state index in [4.69, 9.17) is 5.84 Å². The van der Waals surface area contributed by atoms with Crippen LogP contribution in [0.1, 0.15) is 23.0 Å². The number of halogens is 3. The molecule has 0 radical (unpaired) electrons. The molecule has 0 aliphatic heterocycles. The maximum absolute atomic E-state index is 12.5. The number of para-hydroxylation sites is 1. The average Bonchev–Trinajstić information content (AvgIpc) is 2.70. The highest BCUT2D eigenvalue weighted by Crippen LogP contribution is 2.33. The molecule has 0 amide bonds. The van der Waals surface area contributed by atoms with E-state index in [1.165, 1.54) is 18.2 Å². The fourth-order valence-electron chi connectivity index (χ4n) is 2.17. The average molecular weight is 300 g/mol. The molecule has 1 unspecified atom stereocenters. The van der Waals surface area contributed by atoms with E-state index in [0.717, 1.165) is 5.69 Å². The van der Waals surface area contributed by atoms with E-state index in [0.29, 0.717) is 5.69 Å². The van der Waals surface area contributed by atoms with E-state index in [1.54, 1.807) is 30.8 Å².